The molecule has 0 saturated carbocycles. The van der Waals surface area contributed by atoms with E-state index in [0.29, 0.717) is 5.75 Å². The van der Waals surface area contributed by atoms with Crippen molar-refractivity contribution in [2.45, 2.75) is 18.9 Å². The highest BCUT2D eigenvalue weighted by atomic mass is 32.2. The van der Waals surface area contributed by atoms with Gasteiger partial charge in [-0.25, -0.2) is 0 Å². The Hall–Kier alpha value is -0.510. The third kappa shape index (κ3) is 3.52. The van der Waals surface area contributed by atoms with Gasteiger partial charge in [-0.1, -0.05) is 37.3 Å². The van der Waals surface area contributed by atoms with Gasteiger partial charge in [0.05, 0.1) is 0 Å². The maximum absolute atomic E-state index is 10.4. The molecule has 2 nitrogen and oxygen atoms in total. The van der Waals surface area contributed by atoms with Crippen molar-refractivity contribution in [3.05, 3.63) is 35.9 Å². The first kappa shape index (κ1) is 12.6. The molecule has 84 valence electrons. The van der Waals surface area contributed by atoms with Crippen LogP contribution in [0.15, 0.2) is 30.3 Å². The molecule has 3 heteroatoms. The molecule has 1 atom stereocenters. The second-order valence-electron chi connectivity index (χ2n) is 3.65. The van der Waals surface area contributed by atoms with E-state index in [9.17, 15) is 5.11 Å². The van der Waals surface area contributed by atoms with Gasteiger partial charge in [-0.15, -0.1) is 0 Å². The van der Waals surface area contributed by atoms with E-state index in [2.05, 4.69) is 6.92 Å². The van der Waals surface area contributed by atoms with Crippen LogP contribution in [0.2, 0.25) is 0 Å². The van der Waals surface area contributed by atoms with E-state index in [4.69, 9.17) is 5.73 Å². The highest BCUT2D eigenvalue weighted by Gasteiger charge is 2.26. The Bertz CT molecular complexity index is 278. The number of hydrogen-bond donors (Lipinski definition) is 2. The molecule has 0 saturated heterocycles. The van der Waals surface area contributed by atoms with Crippen molar-refractivity contribution in [2.24, 2.45) is 5.73 Å². The summed E-state index contributed by atoms with van der Waals surface area (Å²) >= 11 is 1.75. The highest BCUT2D eigenvalue weighted by molar-refractivity contribution is 7.99. The Morgan fingerprint density at radius 3 is 2.53 bits per heavy atom. The molecule has 1 unspecified atom stereocenters. The molecule has 1 aromatic carbocycles. The van der Waals surface area contributed by atoms with Crippen LogP contribution in [0, 0.1) is 0 Å². The fraction of sp³-hybridized carbons (Fsp3) is 0.500. The summed E-state index contributed by atoms with van der Waals surface area (Å²) in [7, 11) is 0. The summed E-state index contributed by atoms with van der Waals surface area (Å²) in [5.74, 6) is 1.73. The number of rotatable bonds is 6. The molecular formula is C12H19NOS. The predicted molar refractivity (Wildman–Crippen MR) is 67.0 cm³/mol. The smallest absolute Gasteiger partial charge is 0.111 e. The van der Waals surface area contributed by atoms with Crippen molar-refractivity contribution >= 4 is 11.8 Å². The molecule has 0 aliphatic carbocycles. The number of aliphatic hydroxyl groups is 1. The molecule has 0 aromatic heterocycles. The molecule has 0 radical (unpaired) electrons. The summed E-state index contributed by atoms with van der Waals surface area (Å²) in [5, 5.41) is 10.4. The quantitative estimate of drug-likeness (QED) is 0.728. The van der Waals surface area contributed by atoms with Gasteiger partial charge in [0, 0.05) is 12.3 Å². The summed E-state index contributed by atoms with van der Waals surface area (Å²) < 4.78 is 0. The lowest BCUT2D eigenvalue weighted by Crippen LogP contribution is -2.37. The van der Waals surface area contributed by atoms with Gasteiger partial charge in [-0.3, -0.25) is 0 Å². The van der Waals surface area contributed by atoms with Crippen LogP contribution in [0.4, 0.5) is 0 Å². The standard InChI is InChI=1S/C12H19NOS/c1-2-8-15-10-12(14,9-13)11-6-4-3-5-7-11/h3-7,14H,2,8-10,13H2,1H3. The summed E-state index contributed by atoms with van der Waals surface area (Å²) in [6.45, 7) is 2.41. The van der Waals surface area contributed by atoms with Crippen LogP contribution in [-0.2, 0) is 5.60 Å². The molecule has 0 spiro atoms. The topological polar surface area (TPSA) is 46.2 Å². The zero-order valence-electron chi connectivity index (χ0n) is 9.15. The van der Waals surface area contributed by atoms with Crippen LogP contribution in [-0.4, -0.2) is 23.2 Å². The van der Waals surface area contributed by atoms with Gasteiger partial charge in [0.25, 0.3) is 0 Å². The van der Waals surface area contributed by atoms with Crippen molar-refractivity contribution in [1.82, 2.24) is 0 Å². The Morgan fingerprint density at radius 2 is 2.00 bits per heavy atom. The van der Waals surface area contributed by atoms with Crippen molar-refractivity contribution in [2.75, 3.05) is 18.1 Å². The Labute approximate surface area is 95.9 Å². The predicted octanol–water partition coefficient (Wildman–Crippen LogP) is 1.98. The second-order valence-corrected chi connectivity index (χ2v) is 4.76. The fourth-order valence-electron chi connectivity index (χ4n) is 1.39. The van der Waals surface area contributed by atoms with Crippen LogP contribution in [0.1, 0.15) is 18.9 Å². The van der Waals surface area contributed by atoms with Crippen molar-refractivity contribution in [3.8, 4) is 0 Å². The van der Waals surface area contributed by atoms with E-state index in [-0.39, 0.29) is 6.54 Å². The van der Waals surface area contributed by atoms with Gasteiger partial charge in [-0.2, -0.15) is 11.8 Å². The minimum Gasteiger partial charge on any atom is -0.383 e. The number of thioether (sulfide) groups is 1. The van der Waals surface area contributed by atoms with Gasteiger partial charge in [-0.05, 0) is 17.7 Å². The molecule has 15 heavy (non-hydrogen) atoms. The van der Waals surface area contributed by atoms with E-state index >= 15 is 0 Å². The van der Waals surface area contributed by atoms with Gasteiger partial charge in [0.15, 0.2) is 0 Å². The third-order valence-electron chi connectivity index (χ3n) is 2.34. The van der Waals surface area contributed by atoms with Gasteiger partial charge in [0.1, 0.15) is 5.60 Å². The molecular weight excluding hydrogens is 206 g/mol. The van der Waals surface area contributed by atoms with E-state index < -0.39 is 5.60 Å². The van der Waals surface area contributed by atoms with Crippen molar-refractivity contribution in [3.63, 3.8) is 0 Å². The van der Waals surface area contributed by atoms with Gasteiger partial charge in [0.2, 0.25) is 0 Å². The maximum Gasteiger partial charge on any atom is 0.111 e. The highest BCUT2D eigenvalue weighted by Crippen LogP contribution is 2.24. The average Bonchev–Trinajstić information content (AvgIpc) is 2.30. The lowest BCUT2D eigenvalue weighted by Gasteiger charge is -2.26. The normalized spacial score (nSPS) is 14.9. The molecule has 0 aliphatic heterocycles. The summed E-state index contributed by atoms with van der Waals surface area (Å²) in [6, 6.07) is 9.67. The van der Waals surface area contributed by atoms with Crippen LogP contribution in [0.3, 0.4) is 0 Å². The number of nitrogens with two attached hydrogens (primary N) is 1. The van der Waals surface area contributed by atoms with E-state index in [1.54, 1.807) is 11.8 Å². The minimum atomic E-state index is -0.874. The lowest BCUT2D eigenvalue weighted by atomic mass is 9.96. The SMILES string of the molecule is CCCSCC(O)(CN)c1ccccc1. The van der Waals surface area contributed by atoms with Crippen LogP contribution in [0.5, 0.6) is 0 Å². The summed E-state index contributed by atoms with van der Waals surface area (Å²) in [4.78, 5) is 0. The average molecular weight is 225 g/mol. The van der Waals surface area contributed by atoms with Gasteiger partial charge < -0.3 is 10.8 Å². The first-order valence-electron chi connectivity index (χ1n) is 5.28. The molecule has 0 heterocycles. The molecule has 1 aromatic rings. The molecule has 3 N–H and O–H groups in total. The minimum absolute atomic E-state index is 0.272. The second kappa shape index (κ2) is 6.16. The zero-order valence-corrected chi connectivity index (χ0v) is 9.96. The van der Waals surface area contributed by atoms with E-state index in [1.165, 1.54) is 0 Å². The van der Waals surface area contributed by atoms with E-state index in [0.717, 1.165) is 17.7 Å². The fourth-order valence-corrected chi connectivity index (χ4v) is 2.45. The van der Waals surface area contributed by atoms with Crippen molar-refractivity contribution in [1.29, 1.82) is 0 Å². The van der Waals surface area contributed by atoms with Crippen molar-refractivity contribution < 1.29 is 5.11 Å². The molecule has 0 bridgehead atoms. The Kier molecular flexibility index (Phi) is 5.15. The number of benzene rings is 1. The molecule has 1 rings (SSSR count). The van der Waals surface area contributed by atoms with Crippen LogP contribution < -0.4 is 5.73 Å². The Morgan fingerprint density at radius 1 is 1.33 bits per heavy atom. The summed E-state index contributed by atoms with van der Waals surface area (Å²) in [6.07, 6.45) is 1.13. The largest absolute Gasteiger partial charge is 0.383 e. The lowest BCUT2D eigenvalue weighted by molar-refractivity contribution is 0.0721. The van der Waals surface area contributed by atoms with E-state index in [1.807, 2.05) is 30.3 Å². The molecule has 0 amide bonds. The Balaban J connectivity index is 2.67. The third-order valence-corrected chi connectivity index (χ3v) is 3.72. The monoisotopic (exact) mass is 225 g/mol. The maximum atomic E-state index is 10.4. The first-order chi connectivity index (χ1) is 7.23. The summed E-state index contributed by atoms with van der Waals surface area (Å²) in [5.41, 5.74) is 5.70. The molecule has 0 fully saturated rings. The molecule has 0 aliphatic rings. The van der Waals surface area contributed by atoms with Gasteiger partial charge >= 0.3 is 0 Å². The van der Waals surface area contributed by atoms with Crippen LogP contribution in [0.25, 0.3) is 0 Å². The van der Waals surface area contributed by atoms with Crippen LogP contribution >= 0.6 is 11.8 Å². The zero-order chi connectivity index (χ0) is 11.1. The first-order valence-corrected chi connectivity index (χ1v) is 6.44. The number of hydrogen-bond acceptors (Lipinski definition) is 3.